The van der Waals surface area contributed by atoms with Gasteiger partial charge < -0.3 is 14.6 Å². The first-order chi connectivity index (χ1) is 16.2. The fourth-order valence-electron chi connectivity index (χ4n) is 4.44. The normalized spacial score (nSPS) is 19.7. The van der Waals surface area contributed by atoms with E-state index < -0.39 is 12.1 Å². The van der Waals surface area contributed by atoms with Crippen molar-refractivity contribution in [3.63, 3.8) is 0 Å². The van der Waals surface area contributed by atoms with Crippen LogP contribution >= 0.6 is 0 Å². The van der Waals surface area contributed by atoms with Crippen LogP contribution in [0.3, 0.4) is 0 Å². The zero-order valence-corrected chi connectivity index (χ0v) is 18.1. The molecule has 2 aliphatic heterocycles. The number of pyridine rings is 1. The monoisotopic (exact) mass is 472 g/mol. The molecule has 3 aromatic rings. The van der Waals surface area contributed by atoms with Gasteiger partial charge in [-0.3, -0.25) is 14.7 Å². The molecular weight excluding hydrogens is 449 g/mol. The van der Waals surface area contributed by atoms with E-state index in [-0.39, 0.29) is 11.9 Å². The number of fused-ring (bicyclic) bond motifs is 3. The molecular formula is C24H23F3N4O3. The summed E-state index contributed by atoms with van der Waals surface area (Å²) in [7, 11) is 0. The molecule has 5 rings (SSSR count). The van der Waals surface area contributed by atoms with Crippen LogP contribution in [0.15, 0.2) is 73.2 Å². The molecule has 10 heteroatoms. The minimum Gasteiger partial charge on any atom is -0.475 e. The number of carboxylic acid groups (broad SMARTS) is 1. The molecule has 2 atom stereocenters. The maximum absolute atomic E-state index is 13.2. The number of amides is 1. The second-order valence-electron chi connectivity index (χ2n) is 8.21. The molecule has 1 saturated heterocycles. The summed E-state index contributed by atoms with van der Waals surface area (Å²) in [5.41, 5.74) is 3.19. The van der Waals surface area contributed by atoms with Gasteiger partial charge in [-0.25, -0.2) is 4.79 Å². The summed E-state index contributed by atoms with van der Waals surface area (Å²) in [5.74, 6) is -2.62. The molecule has 7 nitrogen and oxygen atoms in total. The van der Waals surface area contributed by atoms with Gasteiger partial charge in [-0.1, -0.05) is 36.4 Å². The van der Waals surface area contributed by atoms with Crippen molar-refractivity contribution in [3.05, 3.63) is 90.0 Å². The van der Waals surface area contributed by atoms with Crippen molar-refractivity contribution >= 4 is 11.9 Å². The van der Waals surface area contributed by atoms with Crippen molar-refractivity contribution in [2.75, 3.05) is 13.1 Å². The van der Waals surface area contributed by atoms with Crippen LogP contribution in [0.5, 0.6) is 0 Å². The summed E-state index contributed by atoms with van der Waals surface area (Å²) in [5, 5.41) is 7.12. The molecule has 0 aliphatic carbocycles. The Hall–Kier alpha value is -3.66. The molecule has 2 aromatic heterocycles. The number of rotatable bonds is 4. The molecule has 1 N–H and O–H groups in total. The van der Waals surface area contributed by atoms with Gasteiger partial charge in [0.2, 0.25) is 0 Å². The number of carbonyl (C=O) groups is 2. The Morgan fingerprint density at radius 2 is 1.65 bits per heavy atom. The Balaban J connectivity index is 0.000000344. The first-order valence-corrected chi connectivity index (χ1v) is 10.7. The number of benzene rings is 1. The van der Waals surface area contributed by atoms with Crippen molar-refractivity contribution in [2.24, 2.45) is 0 Å². The number of aliphatic carboxylic acids is 1. The number of nitrogens with zero attached hydrogens (tertiary/aromatic N) is 4. The van der Waals surface area contributed by atoms with Gasteiger partial charge >= 0.3 is 12.1 Å². The van der Waals surface area contributed by atoms with E-state index in [9.17, 15) is 18.0 Å². The third-order valence-electron chi connectivity index (χ3n) is 5.92. The van der Waals surface area contributed by atoms with E-state index in [1.165, 1.54) is 11.1 Å². The largest absolute Gasteiger partial charge is 0.490 e. The average Bonchev–Trinajstić information content (AvgIpc) is 3.45. The summed E-state index contributed by atoms with van der Waals surface area (Å²) < 4.78 is 33.9. The smallest absolute Gasteiger partial charge is 0.475 e. The van der Waals surface area contributed by atoms with Crippen molar-refractivity contribution in [1.29, 1.82) is 0 Å². The lowest BCUT2D eigenvalue weighted by molar-refractivity contribution is -0.192. The topological polar surface area (TPSA) is 78.7 Å². The van der Waals surface area contributed by atoms with Gasteiger partial charge in [-0.2, -0.15) is 13.2 Å². The fourth-order valence-corrected chi connectivity index (χ4v) is 4.44. The number of aromatic nitrogens is 2. The second-order valence-corrected chi connectivity index (χ2v) is 8.21. The SMILES string of the molecule is O=C(O)C(F)(F)F.O=C1c2cccn2C2CN(Cc3cccnc3)CC2N1Cc1ccccc1. The summed E-state index contributed by atoms with van der Waals surface area (Å²) in [4.78, 5) is 30.8. The van der Waals surface area contributed by atoms with E-state index in [4.69, 9.17) is 9.90 Å². The van der Waals surface area contributed by atoms with E-state index in [2.05, 4.69) is 43.7 Å². The van der Waals surface area contributed by atoms with Crippen molar-refractivity contribution in [2.45, 2.75) is 31.3 Å². The zero-order valence-electron chi connectivity index (χ0n) is 18.1. The number of carboxylic acids is 1. The predicted octanol–water partition coefficient (Wildman–Crippen LogP) is 3.60. The van der Waals surface area contributed by atoms with Crippen molar-refractivity contribution < 1.29 is 27.9 Å². The van der Waals surface area contributed by atoms with Crippen LogP contribution in [0.2, 0.25) is 0 Å². The summed E-state index contributed by atoms with van der Waals surface area (Å²) in [6, 6.07) is 18.8. The Morgan fingerprint density at radius 3 is 2.29 bits per heavy atom. The molecule has 0 radical (unpaired) electrons. The fraction of sp³-hybridized carbons (Fsp3) is 0.292. The quantitative estimate of drug-likeness (QED) is 0.628. The molecule has 0 saturated carbocycles. The number of alkyl halides is 3. The third-order valence-corrected chi connectivity index (χ3v) is 5.92. The summed E-state index contributed by atoms with van der Waals surface area (Å²) in [6.45, 7) is 3.35. The number of carbonyl (C=O) groups excluding carboxylic acids is 1. The Labute approximate surface area is 194 Å². The van der Waals surface area contributed by atoms with E-state index in [0.29, 0.717) is 12.6 Å². The maximum Gasteiger partial charge on any atom is 0.490 e. The average molecular weight is 472 g/mol. The molecule has 34 heavy (non-hydrogen) atoms. The van der Waals surface area contributed by atoms with Gasteiger partial charge in [0.05, 0.1) is 12.1 Å². The van der Waals surface area contributed by atoms with Gasteiger partial charge in [-0.05, 0) is 29.3 Å². The van der Waals surface area contributed by atoms with Crippen LogP contribution in [0.25, 0.3) is 0 Å². The minimum atomic E-state index is -5.08. The van der Waals surface area contributed by atoms with Gasteiger partial charge in [-0.15, -0.1) is 0 Å². The highest BCUT2D eigenvalue weighted by Crippen LogP contribution is 2.35. The van der Waals surface area contributed by atoms with E-state index in [0.717, 1.165) is 25.3 Å². The van der Waals surface area contributed by atoms with E-state index >= 15 is 0 Å². The first-order valence-electron chi connectivity index (χ1n) is 10.7. The Kier molecular flexibility index (Phi) is 6.69. The predicted molar refractivity (Wildman–Crippen MR) is 117 cm³/mol. The molecule has 2 unspecified atom stereocenters. The second kappa shape index (κ2) is 9.68. The number of halogens is 3. The Bertz CT molecular complexity index is 1140. The summed E-state index contributed by atoms with van der Waals surface area (Å²) >= 11 is 0. The first kappa shape index (κ1) is 23.5. The van der Waals surface area contributed by atoms with Gasteiger partial charge in [0, 0.05) is 44.8 Å². The van der Waals surface area contributed by atoms with E-state index in [1.807, 2.05) is 42.6 Å². The summed E-state index contributed by atoms with van der Waals surface area (Å²) in [6.07, 6.45) is 0.702. The van der Waals surface area contributed by atoms with Crippen LogP contribution in [0, 0.1) is 0 Å². The molecule has 1 fully saturated rings. The van der Waals surface area contributed by atoms with Gasteiger partial charge in [0.15, 0.2) is 0 Å². The Morgan fingerprint density at radius 1 is 0.971 bits per heavy atom. The van der Waals surface area contributed by atoms with E-state index in [1.54, 1.807) is 6.20 Å². The highest BCUT2D eigenvalue weighted by Gasteiger charge is 2.44. The van der Waals surface area contributed by atoms with Gasteiger partial charge in [0.25, 0.3) is 5.91 Å². The standard InChI is InChI=1S/C22H22N4O.C2HF3O2/c27-22-19-9-5-11-25(19)20-15-24(13-18-8-4-10-23-12-18)16-21(20)26(22)14-17-6-2-1-3-7-17;3-2(4,5)1(6)7/h1-12,20-21H,13-16H2;(H,6,7). The highest BCUT2D eigenvalue weighted by molar-refractivity contribution is 5.94. The van der Waals surface area contributed by atoms with Gasteiger partial charge in [0.1, 0.15) is 5.69 Å². The molecule has 1 aromatic carbocycles. The molecule has 1 amide bonds. The lowest BCUT2D eigenvalue weighted by atomic mass is 10.0. The number of hydrogen-bond acceptors (Lipinski definition) is 4. The molecule has 2 aliphatic rings. The van der Waals surface area contributed by atoms with Crippen molar-refractivity contribution in [1.82, 2.24) is 19.4 Å². The lowest BCUT2D eigenvalue weighted by Gasteiger charge is -2.38. The highest BCUT2D eigenvalue weighted by atomic mass is 19.4. The van der Waals surface area contributed by atoms with Crippen molar-refractivity contribution in [3.8, 4) is 0 Å². The third kappa shape index (κ3) is 5.12. The zero-order chi connectivity index (χ0) is 24.3. The molecule has 4 heterocycles. The number of hydrogen-bond donors (Lipinski definition) is 1. The van der Waals surface area contributed by atoms with Crippen LogP contribution < -0.4 is 0 Å². The molecule has 178 valence electrons. The lowest BCUT2D eigenvalue weighted by Crippen LogP contribution is -2.49. The molecule has 0 spiro atoms. The minimum absolute atomic E-state index is 0.133. The van der Waals surface area contributed by atoms with Crippen LogP contribution in [0.4, 0.5) is 13.2 Å². The van der Waals surface area contributed by atoms with Crippen LogP contribution in [-0.2, 0) is 17.9 Å². The van der Waals surface area contributed by atoms with Crippen LogP contribution in [0.1, 0.15) is 27.7 Å². The van der Waals surface area contributed by atoms with Crippen LogP contribution in [-0.4, -0.2) is 61.6 Å². The number of likely N-dealkylation sites (tertiary alicyclic amines) is 1. The maximum atomic E-state index is 13.2. The molecule has 0 bridgehead atoms.